The van der Waals surface area contributed by atoms with Crippen molar-refractivity contribution >= 4 is 19.2 Å². The van der Waals surface area contributed by atoms with Crippen LogP contribution in [0, 0.1) is 0 Å². The Morgan fingerprint density at radius 1 is 1.10 bits per heavy atom. The van der Waals surface area contributed by atoms with Crippen LogP contribution in [0.4, 0.5) is 11.6 Å². The van der Waals surface area contributed by atoms with Crippen LogP contribution in [0.3, 0.4) is 0 Å². The summed E-state index contributed by atoms with van der Waals surface area (Å²) in [4.78, 5) is 1.70. The Bertz CT molecular complexity index is 606. The molecule has 0 atom stereocenters. The Morgan fingerprint density at radius 2 is 1.81 bits per heavy atom. The second kappa shape index (κ2) is 6.80. The molecule has 7 heteroatoms. The van der Waals surface area contributed by atoms with Crippen molar-refractivity contribution in [1.29, 1.82) is 0 Å². The van der Waals surface area contributed by atoms with Gasteiger partial charge in [0.2, 0.25) is 0 Å². The molecule has 21 heavy (non-hydrogen) atoms. The van der Waals surface area contributed by atoms with Crippen LogP contribution in [0.1, 0.15) is 0 Å². The predicted molar refractivity (Wildman–Crippen MR) is 80.3 cm³/mol. The summed E-state index contributed by atoms with van der Waals surface area (Å²) in [7, 11) is 1.02. The van der Waals surface area contributed by atoms with Gasteiger partial charge >= 0.3 is 7.60 Å². The van der Waals surface area contributed by atoms with Gasteiger partial charge in [0.25, 0.3) is 0 Å². The number of rotatable bonds is 7. The molecule has 0 fully saturated rings. The van der Waals surface area contributed by atoms with E-state index in [0.717, 1.165) is 0 Å². The molecule has 6 nitrogen and oxygen atoms in total. The molecule has 0 saturated carbocycles. The van der Waals surface area contributed by atoms with Crippen molar-refractivity contribution in [2.45, 2.75) is 0 Å². The molecule has 0 aliphatic carbocycles. The van der Waals surface area contributed by atoms with Crippen molar-refractivity contribution in [1.82, 2.24) is 0 Å². The number of furan rings is 1. The average molecular weight is 311 g/mol. The molecule has 0 aliphatic heterocycles. The zero-order chi connectivity index (χ0) is 15.3. The number of benzene rings is 1. The molecule has 114 valence electrons. The number of hydrogen-bond acceptors (Lipinski definition) is 6. The second-order valence-corrected chi connectivity index (χ2v) is 6.40. The van der Waals surface area contributed by atoms with E-state index in [2.05, 4.69) is 0 Å². The Morgan fingerprint density at radius 3 is 2.38 bits per heavy atom. The number of hydrogen-bond donors (Lipinski definition) is 0. The van der Waals surface area contributed by atoms with Gasteiger partial charge in [0.05, 0.1) is 19.1 Å². The molecule has 0 spiro atoms. The number of ether oxygens (including phenoxy) is 1. The lowest BCUT2D eigenvalue weighted by atomic mass is 10.2. The summed E-state index contributed by atoms with van der Waals surface area (Å²) in [5, 5.41) is 0. The number of para-hydroxylation sites is 2. The zero-order valence-electron chi connectivity index (χ0n) is 12.2. The average Bonchev–Trinajstić information content (AvgIpc) is 3.06. The van der Waals surface area contributed by atoms with E-state index in [4.69, 9.17) is 18.2 Å². The summed E-state index contributed by atoms with van der Waals surface area (Å²) in [5.41, 5.74) is 0.712. The predicted octanol–water partition coefficient (Wildman–Crippen LogP) is 3.87. The van der Waals surface area contributed by atoms with E-state index < -0.39 is 7.60 Å². The minimum atomic E-state index is -3.26. The summed E-state index contributed by atoms with van der Waals surface area (Å²) in [6, 6.07) is 10.9. The van der Waals surface area contributed by atoms with E-state index in [-0.39, 0.29) is 6.29 Å². The highest BCUT2D eigenvalue weighted by atomic mass is 31.2. The van der Waals surface area contributed by atoms with Gasteiger partial charge in [0.1, 0.15) is 12.0 Å². The first-order valence-corrected chi connectivity index (χ1v) is 8.01. The molecular formula is C14H18NO5P. The van der Waals surface area contributed by atoms with Crippen LogP contribution >= 0.6 is 7.60 Å². The Hall–Kier alpha value is -1.75. The molecule has 1 heterocycles. The minimum Gasteiger partial charge on any atom is -0.495 e. The molecular weight excluding hydrogens is 293 g/mol. The molecule has 2 rings (SSSR count). The standard InChI is InChI=1S/C14H18NO5P/c1-17-13-8-5-4-7-12(13)15(14-9-6-10-20-14)11-21(16,18-2)19-3/h4-10H,11H2,1-3H3. The maximum Gasteiger partial charge on any atom is 0.349 e. The van der Waals surface area contributed by atoms with Crippen LogP contribution in [0.15, 0.2) is 47.1 Å². The second-order valence-electron chi connectivity index (χ2n) is 4.17. The highest BCUT2D eigenvalue weighted by Gasteiger charge is 2.29. The smallest absolute Gasteiger partial charge is 0.349 e. The van der Waals surface area contributed by atoms with Gasteiger partial charge in [-0.15, -0.1) is 0 Å². The van der Waals surface area contributed by atoms with Gasteiger partial charge in [-0.1, -0.05) is 12.1 Å². The van der Waals surface area contributed by atoms with Gasteiger partial charge in [-0.25, -0.2) is 0 Å². The fourth-order valence-corrected chi connectivity index (χ4v) is 2.92. The molecule has 0 radical (unpaired) electrons. The Balaban J connectivity index is 2.45. The molecule has 0 bridgehead atoms. The summed E-state index contributed by atoms with van der Waals surface area (Å²) in [6.45, 7) is 0. The van der Waals surface area contributed by atoms with Gasteiger partial charge in [0.15, 0.2) is 5.88 Å². The van der Waals surface area contributed by atoms with E-state index in [1.54, 1.807) is 30.4 Å². The van der Waals surface area contributed by atoms with Gasteiger partial charge in [0, 0.05) is 20.3 Å². The largest absolute Gasteiger partial charge is 0.495 e. The van der Waals surface area contributed by atoms with Crippen LogP contribution < -0.4 is 9.64 Å². The maximum absolute atomic E-state index is 12.5. The normalized spacial score (nSPS) is 11.4. The minimum absolute atomic E-state index is 0.00782. The topological polar surface area (TPSA) is 61.1 Å². The summed E-state index contributed by atoms with van der Waals surface area (Å²) < 4.78 is 33.3. The summed E-state index contributed by atoms with van der Waals surface area (Å²) in [6.07, 6.45) is 1.55. The van der Waals surface area contributed by atoms with Crippen LogP contribution in [0.25, 0.3) is 0 Å². The molecule has 1 aromatic carbocycles. The lowest BCUT2D eigenvalue weighted by molar-refractivity contribution is 0.276. The highest BCUT2D eigenvalue weighted by molar-refractivity contribution is 7.53. The maximum atomic E-state index is 12.5. The van der Waals surface area contributed by atoms with Gasteiger partial charge in [-0.3, -0.25) is 9.46 Å². The van der Waals surface area contributed by atoms with E-state index in [0.29, 0.717) is 17.3 Å². The van der Waals surface area contributed by atoms with Gasteiger partial charge in [-0.2, -0.15) is 0 Å². The first-order chi connectivity index (χ1) is 10.1. The fraction of sp³-hybridized carbons (Fsp3) is 0.286. The number of nitrogens with zero attached hydrogens (tertiary/aromatic N) is 1. The summed E-state index contributed by atoms with van der Waals surface area (Å²) >= 11 is 0. The van der Waals surface area contributed by atoms with Crippen molar-refractivity contribution < 1.29 is 22.8 Å². The van der Waals surface area contributed by atoms with E-state index >= 15 is 0 Å². The molecule has 0 aliphatic rings. The quantitative estimate of drug-likeness (QED) is 0.723. The van der Waals surface area contributed by atoms with Crippen LogP contribution in [-0.2, 0) is 13.6 Å². The Labute approximate surface area is 123 Å². The third-order valence-corrected chi connectivity index (χ3v) is 4.76. The van der Waals surface area contributed by atoms with Crippen molar-refractivity contribution in [2.75, 3.05) is 32.5 Å². The van der Waals surface area contributed by atoms with Crippen LogP contribution in [0.5, 0.6) is 5.75 Å². The van der Waals surface area contributed by atoms with Crippen molar-refractivity contribution in [3.05, 3.63) is 42.7 Å². The molecule has 0 N–H and O–H groups in total. The first-order valence-electron chi connectivity index (χ1n) is 6.28. The van der Waals surface area contributed by atoms with E-state index in [9.17, 15) is 4.57 Å². The molecule has 0 amide bonds. The van der Waals surface area contributed by atoms with Gasteiger partial charge in [-0.05, 0) is 18.2 Å². The van der Waals surface area contributed by atoms with Crippen molar-refractivity contribution in [3.63, 3.8) is 0 Å². The van der Waals surface area contributed by atoms with E-state index in [1.165, 1.54) is 14.2 Å². The monoisotopic (exact) mass is 311 g/mol. The van der Waals surface area contributed by atoms with Crippen molar-refractivity contribution in [2.24, 2.45) is 0 Å². The molecule has 2 aromatic rings. The lowest BCUT2D eigenvalue weighted by Gasteiger charge is -2.26. The van der Waals surface area contributed by atoms with Crippen LogP contribution in [0.2, 0.25) is 0 Å². The summed E-state index contributed by atoms with van der Waals surface area (Å²) in [5.74, 6) is 1.15. The van der Waals surface area contributed by atoms with Crippen molar-refractivity contribution in [3.8, 4) is 5.75 Å². The fourth-order valence-electron chi connectivity index (χ4n) is 1.90. The third-order valence-electron chi connectivity index (χ3n) is 3.02. The molecule has 0 unspecified atom stereocenters. The number of methoxy groups -OCH3 is 1. The van der Waals surface area contributed by atoms with Gasteiger partial charge < -0.3 is 18.2 Å². The Kier molecular flexibility index (Phi) is 5.07. The van der Waals surface area contributed by atoms with E-state index in [1.807, 2.05) is 24.3 Å². The number of anilines is 2. The molecule has 0 saturated heterocycles. The molecule has 1 aromatic heterocycles. The lowest BCUT2D eigenvalue weighted by Crippen LogP contribution is -2.20. The third kappa shape index (κ3) is 3.47. The highest BCUT2D eigenvalue weighted by Crippen LogP contribution is 2.50. The first kappa shape index (κ1) is 15.6. The van der Waals surface area contributed by atoms with Crippen LogP contribution in [-0.4, -0.2) is 27.6 Å². The zero-order valence-corrected chi connectivity index (χ0v) is 13.1. The SMILES string of the molecule is COc1ccccc1N(CP(=O)(OC)OC)c1ccco1.